The van der Waals surface area contributed by atoms with Gasteiger partial charge in [-0.15, -0.1) is 0 Å². The zero-order chi connectivity index (χ0) is 21.0. The Labute approximate surface area is 177 Å². The van der Waals surface area contributed by atoms with Crippen LogP contribution in [0.25, 0.3) is 11.1 Å². The third kappa shape index (κ3) is 4.22. The third-order valence-electron chi connectivity index (χ3n) is 6.40. The molecule has 1 unspecified atom stereocenters. The lowest BCUT2D eigenvalue weighted by Gasteiger charge is -2.33. The predicted octanol–water partition coefficient (Wildman–Crippen LogP) is 5.19. The van der Waals surface area contributed by atoms with E-state index in [4.69, 9.17) is 8.83 Å². The first-order chi connectivity index (χ1) is 14.6. The molecule has 0 spiro atoms. The monoisotopic (exact) mass is 406 g/mol. The molecular weight excluding hydrogens is 376 g/mol. The molecule has 1 fully saturated rings. The number of benzene rings is 1. The van der Waals surface area contributed by atoms with Gasteiger partial charge in [-0.2, -0.15) is 10.2 Å². The Hall–Kier alpha value is -2.78. The first kappa shape index (κ1) is 20.5. The lowest BCUT2D eigenvalue weighted by molar-refractivity contribution is 0.201. The Balaban J connectivity index is 1.26. The van der Waals surface area contributed by atoms with Gasteiger partial charge in [0.15, 0.2) is 5.58 Å². The molecule has 6 nitrogen and oxygen atoms in total. The molecular formula is C24H30N4O2. The van der Waals surface area contributed by atoms with E-state index in [1.54, 1.807) is 6.26 Å². The number of oxazole rings is 1. The van der Waals surface area contributed by atoms with Gasteiger partial charge in [0, 0.05) is 19.1 Å². The minimum absolute atomic E-state index is 0.208. The maximum absolute atomic E-state index is 9.94. The summed E-state index contributed by atoms with van der Waals surface area (Å²) < 4.78 is 11.4. The standard InChI is InChI=1S/C24H30N4O2/c1-18(2)24(17-25,22-9-5-16-29-22)12-6-13-28-14-10-19(11-15-28)26-23-27-20-7-3-4-8-21(20)30-23/h3-5,7-9,16,18-19H,6,10-15H2,1-2H3,(H,26,27). The van der Waals surface area contributed by atoms with Crippen LogP contribution in [0.4, 0.5) is 6.01 Å². The summed E-state index contributed by atoms with van der Waals surface area (Å²) in [5.74, 6) is 1.00. The second kappa shape index (κ2) is 8.93. The molecule has 30 heavy (non-hydrogen) atoms. The SMILES string of the molecule is CC(C)C(C#N)(CCCN1CCC(Nc2nc3ccccc3o2)CC1)c1ccco1. The fourth-order valence-electron chi connectivity index (χ4n) is 4.46. The Morgan fingerprint density at radius 2 is 2.03 bits per heavy atom. The van der Waals surface area contributed by atoms with Crippen molar-refractivity contribution in [1.29, 1.82) is 5.26 Å². The molecule has 0 bridgehead atoms. The van der Waals surface area contributed by atoms with Gasteiger partial charge in [0.05, 0.1) is 12.3 Å². The number of piperidine rings is 1. The van der Waals surface area contributed by atoms with E-state index in [-0.39, 0.29) is 5.92 Å². The van der Waals surface area contributed by atoms with Crippen molar-refractivity contribution >= 4 is 17.1 Å². The van der Waals surface area contributed by atoms with Gasteiger partial charge >= 0.3 is 0 Å². The highest BCUT2D eigenvalue weighted by Crippen LogP contribution is 2.37. The average Bonchev–Trinajstić information content (AvgIpc) is 3.42. The number of fused-ring (bicyclic) bond motifs is 1. The number of nitriles is 1. The molecule has 3 aromatic rings. The lowest BCUT2D eigenvalue weighted by atomic mass is 9.73. The maximum Gasteiger partial charge on any atom is 0.295 e. The van der Waals surface area contributed by atoms with E-state index in [0.717, 1.165) is 62.2 Å². The van der Waals surface area contributed by atoms with Gasteiger partial charge in [-0.3, -0.25) is 0 Å². The molecule has 1 aliphatic rings. The van der Waals surface area contributed by atoms with Crippen molar-refractivity contribution in [2.24, 2.45) is 5.92 Å². The summed E-state index contributed by atoms with van der Waals surface area (Å²) in [4.78, 5) is 7.02. The number of furan rings is 1. The van der Waals surface area contributed by atoms with E-state index in [0.29, 0.717) is 12.1 Å². The zero-order valence-corrected chi connectivity index (χ0v) is 17.8. The largest absolute Gasteiger partial charge is 0.468 e. The van der Waals surface area contributed by atoms with Gasteiger partial charge in [-0.25, -0.2) is 0 Å². The number of aromatic nitrogens is 1. The van der Waals surface area contributed by atoms with Crippen LogP contribution >= 0.6 is 0 Å². The summed E-state index contributed by atoms with van der Waals surface area (Å²) in [6, 6.07) is 15.2. The van der Waals surface area contributed by atoms with Crippen LogP contribution in [-0.2, 0) is 5.41 Å². The minimum Gasteiger partial charge on any atom is -0.468 e. The van der Waals surface area contributed by atoms with Crippen LogP contribution in [0.5, 0.6) is 0 Å². The van der Waals surface area contributed by atoms with Gasteiger partial charge in [-0.05, 0) is 62.4 Å². The van der Waals surface area contributed by atoms with Crippen LogP contribution < -0.4 is 5.32 Å². The number of anilines is 1. The Morgan fingerprint density at radius 3 is 2.70 bits per heavy atom. The van der Waals surface area contributed by atoms with E-state index in [1.165, 1.54) is 0 Å². The summed E-state index contributed by atoms with van der Waals surface area (Å²) in [7, 11) is 0. The van der Waals surface area contributed by atoms with Gasteiger partial charge < -0.3 is 19.1 Å². The van der Waals surface area contributed by atoms with Gasteiger partial charge in [0.25, 0.3) is 6.01 Å². The van der Waals surface area contributed by atoms with Crippen molar-refractivity contribution in [3.8, 4) is 6.07 Å². The quantitative estimate of drug-likeness (QED) is 0.554. The van der Waals surface area contributed by atoms with Crippen LogP contribution in [0.3, 0.4) is 0 Å². The Kier molecular flexibility index (Phi) is 6.10. The van der Waals surface area contributed by atoms with E-state index < -0.39 is 5.41 Å². The topological polar surface area (TPSA) is 78.2 Å². The fraction of sp³-hybridized carbons (Fsp3) is 0.500. The molecule has 6 heteroatoms. The number of hydrogen-bond donors (Lipinski definition) is 1. The molecule has 0 aliphatic carbocycles. The molecule has 158 valence electrons. The molecule has 1 aliphatic heterocycles. The number of rotatable bonds is 8. The Morgan fingerprint density at radius 1 is 1.23 bits per heavy atom. The van der Waals surface area contributed by atoms with Gasteiger partial charge in [0.2, 0.25) is 0 Å². The lowest BCUT2D eigenvalue weighted by Crippen LogP contribution is -2.40. The molecule has 3 heterocycles. The summed E-state index contributed by atoms with van der Waals surface area (Å²) in [5.41, 5.74) is 1.16. The van der Waals surface area contributed by atoms with Crippen LogP contribution in [0.1, 0.15) is 45.3 Å². The number of nitrogens with zero attached hydrogens (tertiary/aromatic N) is 3. The molecule has 1 aromatic carbocycles. The van der Waals surface area contributed by atoms with Crippen LogP contribution in [0.15, 0.2) is 51.5 Å². The van der Waals surface area contributed by atoms with Gasteiger partial charge in [-0.1, -0.05) is 26.0 Å². The summed E-state index contributed by atoms with van der Waals surface area (Å²) in [5, 5.41) is 13.4. The smallest absolute Gasteiger partial charge is 0.295 e. The molecule has 0 saturated carbocycles. The average molecular weight is 407 g/mol. The van der Waals surface area contributed by atoms with Crippen molar-refractivity contribution in [2.75, 3.05) is 25.0 Å². The number of nitrogens with one attached hydrogen (secondary N) is 1. The van der Waals surface area contributed by atoms with Crippen LogP contribution in [-0.4, -0.2) is 35.6 Å². The van der Waals surface area contributed by atoms with Crippen LogP contribution in [0.2, 0.25) is 0 Å². The normalized spacial score (nSPS) is 17.8. The van der Waals surface area contributed by atoms with Crippen molar-refractivity contribution in [2.45, 2.75) is 51.0 Å². The van der Waals surface area contributed by atoms with Gasteiger partial charge in [0.1, 0.15) is 16.7 Å². The van der Waals surface area contributed by atoms with Crippen molar-refractivity contribution < 1.29 is 8.83 Å². The Bertz CT molecular complexity index is 947. The zero-order valence-electron chi connectivity index (χ0n) is 17.8. The van der Waals surface area contributed by atoms with Crippen molar-refractivity contribution in [3.63, 3.8) is 0 Å². The number of likely N-dealkylation sites (tertiary alicyclic amines) is 1. The molecule has 1 N–H and O–H groups in total. The highest BCUT2D eigenvalue weighted by atomic mass is 16.4. The van der Waals surface area contributed by atoms with E-state index in [9.17, 15) is 5.26 Å². The summed E-state index contributed by atoms with van der Waals surface area (Å²) in [6.07, 6.45) is 5.58. The molecule has 2 aromatic heterocycles. The number of hydrogen-bond acceptors (Lipinski definition) is 6. The fourth-order valence-corrected chi connectivity index (χ4v) is 4.46. The van der Waals surface area contributed by atoms with Crippen LogP contribution in [0, 0.1) is 17.2 Å². The third-order valence-corrected chi connectivity index (χ3v) is 6.40. The molecule has 0 amide bonds. The summed E-state index contributed by atoms with van der Waals surface area (Å²) in [6.45, 7) is 7.30. The maximum atomic E-state index is 9.94. The van der Waals surface area contributed by atoms with E-state index in [1.807, 2.05) is 36.4 Å². The predicted molar refractivity (Wildman–Crippen MR) is 117 cm³/mol. The molecule has 1 saturated heterocycles. The highest BCUT2D eigenvalue weighted by molar-refractivity contribution is 5.74. The first-order valence-corrected chi connectivity index (χ1v) is 10.9. The first-order valence-electron chi connectivity index (χ1n) is 10.9. The second-order valence-corrected chi connectivity index (χ2v) is 8.57. The molecule has 4 rings (SSSR count). The molecule has 1 atom stereocenters. The number of para-hydroxylation sites is 2. The molecule has 0 radical (unpaired) electrons. The summed E-state index contributed by atoms with van der Waals surface area (Å²) >= 11 is 0. The van der Waals surface area contributed by atoms with Crippen molar-refractivity contribution in [1.82, 2.24) is 9.88 Å². The second-order valence-electron chi connectivity index (χ2n) is 8.57. The highest BCUT2D eigenvalue weighted by Gasteiger charge is 2.38. The van der Waals surface area contributed by atoms with E-state index in [2.05, 4.69) is 35.1 Å². The van der Waals surface area contributed by atoms with E-state index >= 15 is 0 Å². The minimum atomic E-state index is -0.545. The van der Waals surface area contributed by atoms with Crippen molar-refractivity contribution in [3.05, 3.63) is 48.4 Å².